The van der Waals surface area contributed by atoms with Crippen molar-refractivity contribution in [3.8, 4) is 17.4 Å². The number of amides is 2. The molecule has 6 nitrogen and oxygen atoms in total. The van der Waals surface area contributed by atoms with E-state index in [0.717, 1.165) is 12.2 Å². The third-order valence-corrected chi connectivity index (χ3v) is 4.30. The van der Waals surface area contributed by atoms with Gasteiger partial charge in [0.25, 0.3) is 0 Å². The standard InChI is InChI=1S/C19H19N3O3S/c1-24-15-4-6-16(7-5-15)25-18-17(3-2-10-20-18)22-19(23)21-11-8-14-9-12-26-13-14/h2-7,9-10,12-13H,8,11H2,1H3,(H2,21,22,23). The number of methoxy groups -OCH3 is 1. The SMILES string of the molecule is COc1ccc(Oc2ncccc2NC(=O)NCCc2ccsc2)cc1. The van der Waals surface area contributed by atoms with E-state index in [2.05, 4.69) is 21.0 Å². The number of nitrogens with one attached hydrogen (secondary N) is 2. The predicted molar refractivity (Wildman–Crippen MR) is 102 cm³/mol. The van der Waals surface area contributed by atoms with Crippen LogP contribution in [0.15, 0.2) is 59.4 Å². The van der Waals surface area contributed by atoms with Crippen molar-refractivity contribution in [2.45, 2.75) is 6.42 Å². The molecular weight excluding hydrogens is 350 g/mol. The molecule has 0 spiro atoms. The maximum absolute atomic E-state index is 12.1. The summed E-state index contributed by atoms with van der Waals surface area (Å²) in [6.45, 7) is 0.553. The maximum atomic E-state index is 12.1. The van der Waals surface area contributed by atoms with Crippen LogP contribution < -0.4 is 20.1 Å². The van der Waals surface area contributed by atoms with Crippen molar-refractivity contribution in [2.75, 3.05) is 19.0 Å². The average molecular weight is 369 g/mol. The van der Waals surface area contributed by atoms with Gasteiger partial charge in [0, 0.05) is 12.7 Å². The van der Waals surface area contributed by atoms with Gasteiger partial charge >= 0.3 is 6.03 Å². The van der Waals surface area contributed by atoms with Gasteiger partial charge in [-0.2, -0.15) is 11.3 Å². The van der Waals surface area contributed by atoms with Crippen molar-refractivity contribution in [3.05, 3.63) is 65.0 Å². The summed E-state index contributed by atoms with van der Waals surface area (Å²) in [5.74, 6) is 1.66. The zero-order valence-corrected chi connectivity index (χ0v) is 15.1. The van der Waals surface area contributed by atoms with Crippen LogP contribution in [0.5, 0.6) is 17.4 Å². The lowest BCUT2D eigenvalue weighted by Gasteiger charge is -2.12. The normalized spacial score (nSPS) is 10.2. The molecule has 0 aliphatic rings. The fourth-order valence-electron chi connectivity index (χ4n) is 2.24. The molecule has 2 amide bonds. The minimum Gasteiger partial charge on any atom is -0.497 e. The molecule has 2 heterocycles. The van der Waals surface area contributed by atoms with Crippen LogP contribution in [0, 0.1) is 0 Å². The molecule has 0 aliphatic heterocycles. The third-order valence-electron chi connectivity index (χ3n) is 3.57. The first-order valence-electron chi connectivity index (χ1n) is 8.07. The predicted octanol–water partition coefficient (Wildman–Crippen LogP) is 4.31. The molecule has 0 unspecified atom stereocenters. The van der Waals surface area contributed by atoms with Gasteiger partial charge in [0.05, 0.1) is 7.11 Å². The highest BCUT2D eigenvalue weighted by Gasteiger charge is 2.09. The van der Waals surface area contributed by atoms with Crippen molar-refractivity contribution in [1.29, 1.82) is 0 Å². The molecule has 3 rings (SSSR count). The topological polar surface area (TPSA) is 72.5 Å². The number of ether oxygens (including phenoxy) is 2. The molecule has 1 aromatic carbocycles. The number of aromatic nitrogens is 1. The van der Waals surface area contributed by atoms with Crippen molar-refractivity contribution in [2.24, 2.45) is 0 Å². The van der Waals surface area contributed by atoms with E-state index in [1.54, 1.807) is 61.0 Å². The largest absolute Gasteiger partial charge is 0.497 e. The Morgan fingerprint density at radius 2 is 1.96 bits per heavy atom. The van der Waals surface area contributed by atoms with Gasteiger partial charge < -0.3 is 20.1 Å². The zero-order valence-electron chi connectivity index (χ0n) is 14.3. The van der Waals surface area contributed by atoms with Crippen molar-refractivity contribution in [3.63, 3.8) is 0 Å². The number of anilines is 1. The minimum absolute atomic E-state index is 0.298. The summed E-state index contributed by atoms with van der Waals surface area (Å²) in [6.07, 6.45) is 2.40. The van der Waals surface area contributed by atoms with Crippen molar-refractivity contribution >= 4 is 23.1 Å². The summed E-state index contributed by atoms with van der Waals surface area (Å²) in [5, 5.41) is 9.70. The van der Waals surface area contributed by atoms with Crippen LogP contribution in [0.4, 0.5) is 10.5 Å². The van der Waals surface area contributed by atoms with Crippen LogP contribution >= 0.6 is 11.3 Å². The molecule has 26 heavy (non-hydrogen) atoms. The maximum Gasteiger partial charge on any atom is 0.319 e. The summed E-state index contributed by atoms with van der Waals surface area (Å²) in [7, 11) is 1.60. The Kier molecular flexibility index (Phi) is 6.05. The molecule has 0 fully saturated rings. The summed E-state index contributed by atoms with van der Waals surface area (Å²) in [5.41, 5.74) is 1.71. The number of pyridine rings is 1. The Labute approximate surface area is 155 Å². The highest BCUT2D eigenvalue weighted by atomic mass is 32.1. The summed E-state index contributed by atoms with van der Waals surface area (Å²) in [6, 6.07) is 12.4. The highest BCUT2D eigenvalue weighted by molar-refractivity contribution is 7.07. The first-order valence-corrected chi connectivity index (χ1v) is 9.02. The number of hydrogen-bond donors (Lipinski definition) is 2. The lowest BCUT2D eigenvalue weighted by atomic mass is 10.2. The van der Waals surface area contributed by atoms with Gasteiger partial charge in [-0.25, -0.2) is 9.78 Å². The monoisotopic (exact) mass is 369 g/mol. The number of urea groups is 1. The fraction of sp³-hybridized carbons (Fsp3) is 0.158. The third kappa shape index (κ3) is 4.97. The molecule has 2 N–H and O–H groups in total. The van der Waals surface area contributed by atoms with E-state index in [1.165, 1.54) is 5.56 Å². The van der Waals surface area contributed by atoms with Gasteiger partial charge in [0.1, 0.15) is 17.2 Å². The summed E-state index contributed by atoms with van der Waals surface area (Å²) < 4.78 is 10.9. The second-order valence-electron chi connectivity index (χ2n) is 5.40. The van der Waals surface area contributed by atoms with Gasteiger partial charge in [-0.3, -0.25) is 0 Å². The van der Waals surface area contributed by atoms with Crippen LogP contribution in [0.1, 0.15) is 5.56 Å². The molecule has 0 aliphatic carbocycles. The van der Waals surface area contributed by atoms with Crippen LogP contribution in [-0.2, 0) is 6.42 Å². The van der Waals surface area contributed by atoms with Crippen LogP contribution in [0.2, 0.25) is 0 Å². The fourth-order valence-corrected chi connectivity index (χ4v) is 2.95. The Bertz CT molecular complexity index is 836. The molecule has 0 saturated carbocycles. The van der Waals surface area contributed by atoms with Crippen LogP contribution in [0.25, 0.3) is 0 Å². The van der Waals surface area contributed by atoms with Gasteiger partial charge in [0.15, 0.2) is 0 Å². The average Bonchev–Trinajstić information content (AvgIpc) is 3.17. The second kappa shape index (κ2) is 8.87. The van der Waals surface area contributed by atoms with Gasteiger partial charge in [-0.15, -0.1) is 0 Å². The van der Waals surface area contributed by atoms with E-state index in [1.807, 2.05) is 11.4 Å². The molecular formula is C19H19N3O3S. The first-order chi connectivity index (χ1) is 12.7. The highest BCUT2D eigenvalue weighted by Crippen LogP contribution is 2.27. The van der Waals surface area contributed by atoms with Crippen LogP contribution in [0.3, 0.4) is 0 Å². The molecule has 0 radical (unpaired) electrons. The molecule has 0 saturated heterocycles. The summed E-state index contributed by atoms with van der Waals surface area (Å²) in [4.78, 5) is 16.3. The number of rotatable bonds is 7. The number of nitrogens with zero attached hydrogens (tertiary/aromatic N) is 1. The van der Waals surface area contributed by atoms with Gasteiger partial charge in [-0.1, -0.05) is 0 Å². The number of thiophene rings is 1. The van der Waals surface area contributed by atoms with Crippen molar-refractivity contribution in [1.82, 2.24) is 10.3 Å². The molecule has 134 valence electrons. The van der Waals surface area contributed by atoms with E-state index in [0.29, 0.717) is 23.9 Å². The minimum atomic E-state index is -0.298. The number of carbonyl (C=O) groups is 1. The molecule has 2 aromatic heterocycles. The molecule has 3 aromatic rings. The molecule has 7 heteroatoms. The van der Waals surface area contributed by atoms with E-state index >= 15 is 0 Å². The second-order valence-corrected chi connectivity index (χ2v) is 6.18. The Hall–Kier alpha value is -3.06. The lowest BCUT2D eigenvalue weighted by Crippen LogP contribution is -2.30. The lowest BCUT2D eigenvalue weighted by molar-refractivity contribution is 0.252. The summed E-state index contributed by atoms with van der Waals surface area (Å²) >= 11 is 1.65. The number of carbonyl (C=O) groups excluding carboxylic acids is 1. The first kappa shape index (κ1) is 17.8. The van der Waals surface area contributed by atoms with E-state index in [4.69, 9.17) is 9.47 Å². The van der Waals surface area contributed by atoms with E-state index in [-0.39, 0.29) is 6.03 Å². The quantitative estimate of drug-likeness (QED) is 0.651. The van der Waals surface area contributed by atoms with Gasteiger partial charge in [0.2, 0.25) is 5.88 Å². The molecule has 0 bridgehead atoms. The smallest absolute Gasteiger partial charge is 0.319 e. The zero-order chi connectivity index (χ0) is 18.2. The van der Waals surface area contributed by atoms with E-state index in [9.17, 15) is 4.79 Å². The number of benzene rings is 1. The molecule has 0 atom stereocenters. The number of hydrogen-bond acceptors (Lipinski definition) is 5. The van der Waals surface area contributed by atoms with Crippen molar-refractivity contribution < 1.29 is 14.3 Å². The Morgan fingerprint density at radius 3 is 2.69 bits per heavy atom. The van der Waals surface area contributed by atoms with Crippen LogP contribution in [-0.4, -0.2) is 24.7 Å². The van der Waals surface area contributed by atoms with E-state index < -0.39 is 0 Å². The Balaban J connectivity index is 1.58. The van der Waals surface area contributed by atoms with Gasteiger partial charge in [-0.05, 0) is 65.2 Å². The Morgan fingerprint density at radius 1 is 1.15 bits per heavy atom.